The summed E-state index contributed by atoms with van der Waals surface area (Å²) in [5.41, 5.74) is 0. The Balaban J connectivity index is 1.97. The molecule has 0 spiro atoms. The number of rotatable bonds is 6. The van der Waals surface area contributed by atoms with E-state index in [-0.39, 0.29) is 0 Å². The van der Waals surface area contributed by atoms with Gasteiger partial charge in [0.1, 0.15) is 0 Å². The van der Waals surface area contributed by atoms with Gasteiger partial charge in [0.25, 0.3) is 0 Å². The first kappa shape index (κ1) is 14.5. The molecular formula is C16H24N2S. The Morgan fingerprint density at radius 1 is 1.21 bits per heavy atom. The summed E-state index contributed by atoms with van der Waals surface area (Å²) in [6.45, 7) is 5.66. The van der Waals surface area contributed by atoms with Crippen molar-refractivity contribution in [2.75, 3.05) is 20.6 Å². The van der Waals surface area contributed by atoms with Crippen LogP contribution in [0.15, 0.2) is 30.3 Å². The fourth-order valence-electron chi connectivity index (χ4n) is 2.26. The molecule has 1 aromatic heterocycles. The third kappa shape index (κ3) is 4.03. The molecule has 0 aliphatic heterocycles. The van der Waals surface area contributed by atoms with E-state index in [4.69, 9.17) is 0 Å². The number of hydrogen-bond donors (Lipinski definition) is 1. The van der Waals surface area contributed by atoms with Crippen molar-refractivity contribution in [2.45, 2.75) is 32.4 Å². The van der Waals surface area contributed by atoms with Gasteiger partial charge in [-0.15, -0.1) is 11.3 Å². The second kappa shape index (κ2) is 6.51. The van der Waals surface area contributed by atoms with Crippen LogP contribution in [0.1, 0.15) is 31.2 Å². The molecule has 0 saturated carbocycles. The van der Waals surface area contributed by atoms with E-state index < -0.39 is 0 Å². The van der Waals surface area contributed by atoms with Gasteiger partial charge in [-0.05, 0) is 58.4 Å². The predicted molar refractivity (Wildman–Crippen MR) is 86.0 cm³/mol. The summed E-state index contributed by atoms with van der Waals surface area (Å²) in [7, 11) is 4.25. The van der Waals surface area contributed by atoms with Crippen LogP contribution in [0.2, 0.25) is 0 Å². The van der Waals surface area contributed by atoms with Crippen molar-refractivity contribution in [2.24, 2.45) is 0 Å². The molecule has 0 amide bonds. The number of thiophene rings is 1. The lowest BCUT2D eigenvalue weighted by Crippen LogP contribution is -2.31. The largest absolute Gasteiger partial charge is 0.309 e. The molecule has 19 heavy (non-hydrogen) atoms. The molecule has 0 radical (unpaired) electrons. The molecule has 3 heteroatoms. The molecule has 0 bridgehead atoms. The van der Waals surface area contributed by atoms with Gasteiger partial charge in [0.15, 0.2) is 0 Å². The van der Waals surface area contributed by atoms with E-state index in [0.717, 1.165) is 6.54 Å². The third-order valence-electron chi connectivity index (χ3n) is 3.42. The molecule has 2 atom stereocenters. The summed E-state index contributed by atoms with van der Waals surface area (Å²) >= 11 is 1.90. The highest BCUT2D eigenvalue weighted by Crippen LogP contribution is 2.29. The van der Waals surface area contributed by atoms with Gasteiger partial charge in [0.05, 0.1) is 0 Å². The first-order chi connectivity index (χ1) is 9.06. The Morgan fingerprint density at radius 2 is 1.95 bits per heavy atom. The van der Waals surface area contributed by atoms with E-state index in [1.165, 1.54) is 21.4 Å². The molecule has 2 aromatic rings. The zero-order chi connectivity index (χ0) is 13.8. The van der Waals surface area contributed by atoms with E-state index >= 15 is 0 Å². The molecule has 0 fully saturated rings. The van der Waals surface area contributed by atoms with Gasteiger partial charge in [-0.25, -0.2) is 0 Å². The molecule has 0 aliphatic carbocycles. The summed E-state index contributed by atoms with van der Waals surface area (Å²) in [6, 6.07) is 11.9. The van der Waals surface area contributed by atoms with Crippen LogP contribution in [0.5, 0.6) is 0 Å². The SMILES string of the molecule is CC(CCN(C)C)NC(C)c1cc2ccccc2s1. The lowest BCUT2D eigenvalue weighted by Gasteiger charge is -2.20. The number of benzene rings is 1. The lowest BCUT2D eigenvalue weighted by atomic mass is 10.1. The highest BCUT2D eigenvalue weighted by Gasteiger charge is 2.12. The number of fused-ring (bicyclic) bond motifs is 1. The number of nitrogens with one attached hydrogen (secondary N) is 1. The Labute approximate surface area is 120 Å². The second-order valence-corrected chi connectivity index (χ2v) is 6.68. The Bertz CT molecular complexity index is 485. The summed E-state index contributed by atoms with van der Waals surface area (Å²) < 4.78 is 1.38. The highest BCUT2D eigenvalue weighted by atomic mass is 32.1. The first-order valence-corrected chi connectivity index (χ1v) is 7.77. The number of nitrogens with zero attached hydrogens (tertiary/aromatic N) is 1. The van der Waals surface area contributed by atoms with Crippen molar-refractivity contribution in [3.05, 3.63) is 35.2 Å². The van der Waals surface area contributed by atoms with Crippen molar-refractivity contribution in [3.63, 3.8) is 0 Å². The molecule has 2 rings (SSSR count). The average Bonchev–Trinajstić information content (AvgIpc) is 2.80. The molecule has 0 aliphatic rings. The van der Waals surface area contributed by atoms with Gasteiger partial charge in [0.2, 0.25) is 0 Å². The van der Waals surface area contributed by atoms with E-state index in [2.05, 4.69) is 68.5 Å². The van der Waals surface area contributed by atoms with Crippen molar-refractivity contribution in [3.8, 4) is 0 Å². The van der Waals surface area contributed by atoms with Gasteiger partial charge in [-0.3, -0.25) is 0 Å². The molecule has 2 unspecified atom stereocenters. The van der Waals surface area contributed by atoms with Gasteiger partial charge in [0, 0.05) is 21.7 Å². The summed E-state index contributed by atoms with van der Waals surface area (Å²) in [6.07, 6.45) is 1.18. The molecular weight excluding hydrogens is 252 g/mol. The molecule has 104 valence electrons. The second-order valence-electron chi connectivity index (χ2n) is 5.57. The molecule has 0 saturated heterocycles. The smallest absolute Gasteiger partial charge is 0.0388 e. The maximum Gasteiger partial charge on any atom is 0.0388 e. The van der Waals surface area contributed by atoms with Crippen LogP contribution in [0.25, 0.3) is 10.1 Å². The zero-order valence-corrected chi connectivity index (χ0v) is 13.1. The Kier molecular flexibility index (Phi) is 4.97. The van der Waals surface area contributed by atoms with E-state index in [9.17, 15) is 0 Å². The van der Waals surface area contributed by atoms with Crippen LogP contribution >= 0.6 is 11.3 Å². The maximum absolute atomic E-state index is 3.70. The average molecular weight is 276 g/mol. The monoisotopic (exact) mass is 276 g/mol. The van der Waals surface area contributed by atoms with Crippen molar-refractivity contribution >= 4 is 21.4 Å². The molecule has 1 aromatic carbocycles. The van der Waals surface area contributed by atoms with Crippen LogP contribution in [-0.2, 0) is 0 Å². The normalized spacial score (nSPS) is 15.0. The van der Waals surface area contributed by atoms with Crippen molar-refractivity contribution in [1.29, 1.82) is 0 Å². The highest BCUT2D eigenvalue weighted by molar-refractivity contribution is 7.19. The topological polar surface area (TPSA) is 15.3 Å². The van der Waals surface area contributed by atoms with Gasteiger partial charge in [-0.2, -0.15) is 0 Å². The summed E-state index contributed by atoms with van der Waals surface area (Å²) in [4.78, 5) is 3.67. The maximum atomic E-state index is 3.70. The summed E-state index contributed by atoms with van der Waals surface area (Å²) in [5, 5.41) is 5.05. The fourth-order valence-corrected chi connectivity index (χ4v) is 3.34. The standard InChI is InChI=1S/C16H24N2S/c1-12(9-10-18(3)4)17-13(2)16-11-14-7-5-6-8-15(14)19-16/h5-8,11-13,17H,9-10H2,1-4H3. The van der Waals surface area contributed by atoms with Crippen LogP contribution in [0.3, 0.4) is 0 Å². The minimum Gasteiger partial charge on any atom is -0.309 e. The molecule has 1 heterocycles. The lowest BCUT2D eigenvalue weighted by molar-refractivity contribution is 0.355. The Morgan fingerprint density at radius 3 is 2.63 bits per heavy atom. The fraction of sp³-hybridized carbons (Fsp3) is 0.500. The van der Waals surface area contributed by atoms with Gasteiger partial charge in [-0.1, -0.05) is 18.2 Å². The molecule has 2 nitrogen and oxygen atoms in total. The quantitative estimate of drug-likeness (QED) is 0.861. The molecule has 1 N–H and O–H groups in total. The first-order valence-electron chi connectivity index (χ1n) is 6.95. The van der Waals surface area contributed by atoms with E-state index in [1.807, 2.05) is 11.3 Å². The number of hydrogen-bond acceptors (Lipinski definition) is 3. The van der Waals surface area contributed by atoms with Crippen LogP contribution in [0.4, 0.5) is 0 Å². The predicted octanol–water partition coefficient (Wildman–Crippen LogP) is 3.89. The summed E-state index contributed by atoms with van der Waals surface area (Å²) in [5.74, 6) is 0. The van der Waals surface area contributed by atoms with Crippen LogP contribution in [0, 0.1) is 0 Å². The van der Waals surface area contributed by atoms with E-state index in [1.54, 1.807) is 0 Å². The zero-order valence-electron chi connectivity index (χ0n) is 12.3. The van der Waals surface area contributed by atoms with E-state index in [0.29, 0.717) is 12.1 Å². The van der Waals surface area contributed by atoms with Crippen molar-refractivity contribution in [1.82, 2.24) is 10.2 Å². The Hall–Kier alpha value is -0.900. The van der Waals surface area contributed by atoms with Crippen LogP contribution < -0.4 is 5.32 Å². The van der Waals surface area contributed by atoms with Crippen LogP contribution in [-0.4, -0.2) is 31.6 Å². The minimum absolute atomic E-state index is 0.426. The van der Waals surface area contributed by atoms with Gasteiger partial charge < -0.3 is 10.2 Å². The van der Waals surface area contributed by atoms with Crippen molar-refractivity contribution < 1.29 is 0 Å². The third-order valence-corrected chi connectivity index (χ3v) is 4.71. The van der Waals surface area contributed by atoms with Gasteiger partial charge >= 0.3 is 0 Å². The minimum atomic E-state index is 0.426.